The lowest BCUT2D eigenvalue weighted by molar-refractivity contribution is -0.385. The average Bonchev–Trinajstić information content (AvgIpc) is 2.32. The molecule has 0 aliphatic heterocycles. The first-order valence-corrected chi connectivity index (χ1v) is 6.19. The second-order valence-electron chi connectivity index (χ2n) is 4.85. The predicted octanol–water partition coefficient (Wildman–Crippen LogP) is 2.83. The van der Waals surface area contributed by atoms with Crippen molar-refractivity contribution >= 4 is 5.69 Å². The summed E-state index contributed by atoms with van der Waals surface area (Å²) < 4.78 is 13.2. The number of aliphatic hydroxyl groups excluding tert-OH is 1. The molecule has 0 bridgehead atoms. The molecule has 1 aromatic carbocycles. The summed E-state index contributed by atoms with van der Waals surface area (Å²) in [6.45, 7) is 0. The molecule has 18 heavy (non-hydrogen) atoms. The highest BCUT2D eigenvalue weighted by Gasteiger charge is 2.26. The molecule has 0 aromatic heterocycles. The second-order valence-corrected chi connectivity index (χ2v) is 4.85. The fraction of sp³-hybridized carbons (Fsp3) is 0.538. The van der Waals surface area contributed by atoms with Crippen LogP contribution >= 0.6 is 0 Å². The molecule has 5 heteroatoms. The molecule has 4 nitrogen and oxygen atoms in total. The van der Waals surface area contributed by atoms with Crippen LogP contribution in [0.2, 0.25) is 0 Å². The van der Waals surface area contributed by atoms with Crippen molar-refractivity contribution in [2.24, 2.45) is 5.92 Å². The normalized spacial score (nSPS) is 23.9. The molecule has 2 rings (SSSR count). The summed E-state index contributed by atoms with van der Waals surface area (Å²) in [5, 5.41) is 20.7. The Morgan fingerprint density at radius 3 is 2.78 bits per heavy atom. The number of nitrogens with zero attached hydrogens (tertiary/aromatic N) is 1. The van der Waals surface area contributed by atoms with E-state index in [1.165, 1.54) is 12.1 Å². The Balaban J connectivity index is 2.21. The summed E-state index contributed by atoms with van der Waals surface area (Å²) in [6.07, 6.45) is 3.52. The highest BCUT2D eigenvalue weighted by Crippen LogP contribution is 2.30. The monoisotopic (exact) mass is 253 g/mol. The highest BCUT2D eigenvalue weighted by atomic mass is 19.1. The van der Waals surface area contributed by atoms with Gasteiger partial charge in [-0.05, 0) is 37.3 Å². The van der Waals surface area contributed by atoms with E-state index in [-0.39, 0.29) is 11.6 Å². The highest BCUT2D eigenvalue weighted by molar-refractivity contribution is 5.40. The van der Waals surface area contributed by atoms with Crippen LogP contribution in [-0.4, -0.2) is 16.1 Å². The molecule has 1 N–H and O–H groups in total. The van der Waals surface area contributed by atoms with Crippen LogP contribution in [0.5, 0.6) is 0 Å². The molecule has 0 heterocycles. The van der Waals surface area contributed by atoms with Crippen LogP contribution < -0.4 is 0 Å². The number of benzene rings is 1. The van der Waals surface area contributed by atoms with Crippen LogP contribution in [0.3, 0.4) is 0 Å². The smallest absolute Gasteiger partial charge is 0.272 e. The average molecular weight is 253 g/mol. The quantitative estimate of drug-likeness (QED) is 0.665. The number of nitro groups is 1. The third kappa shape index (κ3) is 2.85. The van der Waals surface area contributed by atoms with Crippen molar-refractivity contribution in [3.8, 4) is 0 Å². The standard InChI is InChI=1S/C13H16FNO3/c14-11-5-6-12(15(17)18)10(8-11)7-9-3-1-2-4-13(9)16/h5-6,8-9,13,16H,1-4,7H2. The molecule has 1 aliphatic carbocycles. The summed E-state index contributed by atoms with van der Waals surface area (Å²) in [4.78, 5) is 10.4. The zero-order valence-corrected chi connectivity index (χ0v) is 10.0. The Morgan fingerprint density at radius 2 is 2.11 bits per heavy atom. The van der Waals surface area contributed by atoms with Gasteiger partial charge >= 0.3 is 0 Å². The van der Waals surface area contributed by atoms with Crippen molar-refractivity contribution in [1.29, 1.82) is 0 Å². The molecule has 1 saturated carbocycles. The van der Waals surface area contributed by atoms with Crippen molar-refractivity contribution in [2.75, 3.05) is 0 Å². The van der Waals surface area contributed by atoms with Gasteiger partial charge in [-0.15, -0.1) is 0 Å². The van der Waals surface area contributed by atoms with E-state index in [1.54, 1.807) is 0 Å². The third-order valence-corrected chi connectivity index (χ3v) is 3.59. The van der Waals surface area contributed by atoms with Crippen molar-refractivity contribution < 1.29 is 14.4 Å². The molecule has 2 unspecified atom stereocenters. The maximum atomic E-state index is 13.2. The van der Waals surface area contributed by atoms with Gasteiger partial charge in [0.05, 0.1) is 11.0 Å². The van der Waals surface area contributed by atoms with Gasteiger partial charge in [0.15, 0.2) is 0 Å². The lowest BCUT2D eigenvalue weighted by Crippen LogP contribution is -2.26. The Bertz CT molecular complexity index is 450. The zero-order valence-electron chi connectivity index (χ0n) is 10.0. The van der Waals surface area contributed by atoms with Gasteiger partial charge < -0.3 is 5.11 Å². The van der Waals surface area contributed by atoms with E-state index in [0.717, 1.165) is 31.7 Å². The Morgan fingerprint density at radius 1 is 1.39 bits per heavy atom. The van der Waals surface area contributed by atoms with Gasteiger partial charge in [-0.1, -0.05) is 12.8 Å². The molecule has 98 valence electrons. The van der Waals surface area contributed by atoms with Gasteiger partial charge in [-0.25, -0.2) is 4.39 Å². The minimum absolute atomic E-state index is 0.000694. The molecule has 1 aliphatic rings. The molecular weight excluding hydrogens is 237 g/mol. The van der Waals surface area contributed by atoms with Crippen molar-refractivity contribution in [2.45, 2.75) is 38.2 Å². The Labute approximate surface area is 105 Å². The summed E-state index contributed by atoms with van der Waals surface area (Å²) in [7, 11) is 0. The van der Waals surface area contributed by atoms with Crippen LogP contribution in [0.25, 0.3) is 0 Å². The minimum atomic E-state index is -0.496. The number of halogens is 1. The second kappa shape index (κ2) is 5.44. The van der Waals surface area contributed by atoms with Crippen molar-refractivity contribution in [3.05, 3.63) is 39.7 Å². The minimum Gasteiger partial charge on any atom is -0.393 e. The van der Waals surface area contributed by atoms with Gasteiger partial charge in [-0.3, -0.25) is 10.1 Å². The van der Waals surface area contributed by atoms with E-state index < -0.39 is 16.8 Å². The number of hydrogen-bond acceptors (Lipinski definition) is 3. The summed E-state index contributed by atoms with van der Waals surface area (Å²) in [5.74, 6) is -0.472. The molecular formula is C13H16FNO3. The SMILES string of the molecule is O=[N+]([O-])c1ccc(F)cc1CC1CCCCC1O. The fourth-order valence-corrected chi connectivity index (χ4v) is 2.60. The van der Waals surface area contributed by atoms with E-state index in [2.05, 4.69) is 0 Å². The van der Waals surface area contributed by atoms with Gasteiger partial charge in [0.2, 0.25) is 0 Å². The van der Waals surface area contributed by atoms with Crippen molar-refractivity contribution in [1.82, 2.24) is 0 Å². The fourth-order valence-electron chi connectivity index (χ4n) is 2.60. The number of rotatable bonds is 3. The van der Waals surface area contributed by atoms with E-state index in [0.29, 0.717) is 12.0 Å². The van der Waals surface area contributed by atoms with E-state index in [1.807, 2.05) is 0 Å². The van der Waals surface area contributed by atoms with Crippen LogP contribution in [0.1, 0.15) is 31.2 Å². The molecule has 0 spiro atoms. The molecule has 1 aromatic rings. The lowest BCUT2D eigenvalue weighted by Gasteiger charge is -2.27. The molecule has 0 radical (unpaired) electrons. The van der Waals surface area contributed by atoms with Crippen LogP contribution in [0.15, 0.2) is 18.2 Å². The summed E-state index contributed by atoms with van der Waals surface area (Å²) in [5.41, 5.74) is 0.320. The zero-order chi connectivity index (χ0) is 13.1. The predicted molar refractivity (Wildman–Crippen MR) is 64.7 cm³/mol. The van der Waals surface area contributed by atoms with E-state index in [4.69, 9.17) is 0 Å². The number of aliphatic hydroxyl groups is 1. The van der Waals surface area contributed by atoms with Gasteiger partial charge in [0, 0.05) is 11.6 Å². The molecule has 0 saturated heterocycles. The Kier molecular flexibility index (Phi) is 3.91. The number of hydrogen-bond donors (Lipinski definition) is 1. The topological polar surface area (TPSA) is 63.4 Å². The van der Waals surface area contributed by atoms with Gasteiger partial charge in [-0.2, -0.15) is 0 Å². The molecule has 0 amide bonds. The molecule has 1 fully saturated rings. The summed E-state index contributed by atoms with van der Waals surface area (Å²) >= 11 is 0. The Hall–Kier alpha value is -1.49. The maximum Gasteiger partial charge on any atom is 0.272 e. The van der Waals surface area contributed by atoms with Crippen LogP contribution in [-0.2, 0) is 6.42 Å². The molecule has 2 atom stereocenters. The first-order valence-electron chi connectivity index (χ1n) is 6.19. The van der Waals surface area contributed by atoms with Gasteiger partial charge in [0.1, 0.15) is 5.82 Å². The van der Waals surface area contributed by atoms with Gasteiger partial charge in [0.25, 0.3) is 5.69 Å². The number of nitro benzene ring substituents is 1. The maximum absolute atomic E-state index is 13.2. The summed E-state index contributed by atoms with van der Waals surface area (Å²) in [6, 6.07) is 3.50. The lowest BCUT2D eigenvalue weighted by atomic mass is 9.82. The van der Waals surface area contributed by atoms with Crippen LogP contribution in [0, 0.1) is 21.8 Å². The van der Waals surface area contributed by atoms with E-state index >= 15 is 0 Å². The van der Waals surface area contributed by atoms with Crippen molar-refractivity contribution in [3.63, 3.8) is 0 Å². The largest absolute Gasteiger partial charge is 0.393 e. The first kappa shape index (κ1) is 13.0. The third-order valence-electron chi connectivity index (χ3n) is 3.59. The van der Waals surface area contributed by atoms with E-state index in [9.17, 15) is 19.6 Å². The first-order chi connectivity index (χ1) is 8.58. The van der Waals surface area contributed by atoms with Crippen LogP contribution in [0.4, 0.5) is 10.1 Å².